The van der Waals surface area contributed by atoms with Crippen molar-refractivity contribution in [3.8, 4) is 0 Å². The fraction of sp³-hybridized carbons (Fsp3) is 0.350. The standard InChI is InChI=1S/C20H16Cl2N2O3S/c21-11-3-1-2-10(8-11)16-15-17(25)13-9-12(22)4-5-14(13)27-18(15)19(26)24(16)20-23-6-7-28-20/h1-3,6-8,12-14,16H,4-5,9H2. The molecule has 3 heterocycles. The molecule has 0 N–H and O–H groups in total. The molecule has 1 aromatic heterocycles. The molecule has 8 heteroatoms. The van der Waals surface area contributed by atoms with Gasteiger partial charge in [-0.1, -0.05) is 23.7 Å². The third-order valence-electron chi connectivity index (χ3n) is 5.57. The number of fused-ring (bicyclic) bond motifs is 1. The monoisotopic (exact) mass is 434 g/mol. The highest BCUT2D eigenvalue weighted by atomic mass is 35.5. The summed E-state index contributed by atoms with van der Waals surface area (Å²) in [5, 5.41) is 2.82. The Labute approximate surface area is 175 Å². The molecule has 0 radical (unpaired) electrons. The van der Waals surface area contributed by atoms with E-state index in [1.54, 1.807) is 28.6 Å². The Kier molecular flexibility index (Phi) is 4.45. The minimum atomic E-state index is -0.600. The number of Topliss-reactive ketones (excluding diaryl/α,β-unsaturated/α-hetero) is 1. The van der Waals surface area contributed by atoms with Crippen LogP contribution in [0.3, 0.4) is 0 Å². The number of amides is 1. The highest BCUT2D eigenvalue weighted by Crippen LogP contribution is 2.49. The topological polar surface area (TPSA) is 59.5 Å². The lowest BCUT2D eigenvalue weighted by molar-refractivity contribution is -0.131. The van der Waals surface area contributed by atoms with E-state index in [1.165, 1.54) is 11.3 Å². The third-order valence-corrected chi connectivity index (χ3v) is 6.98. The number of halogens is 2. The minimum Gasteiger partial charge on any atom is -0.483 e. The SMILES string of the molecule is O=C1C2=C(OC3CCC(Cl)CC13)C(=O)N(c1nccs1)C2c1cccc(Cl)c1. The molecular weight excluding hydrogens is 419 g/mol. The highest BCUT2D eigenvalue weighted by Gasteiger charge is 2.53. The van der Waals surface area contributed by atoms with E-state index in [9.17, 15) is 9.59 Å². The molecule has 28 heavy (non-hydrogen) atoms. The number of nitrogens with zero attached hydrogens (tertiary/aromatic N) is 2. The van der Waals surface area contributed by atoms with Crippen LogP contribution in [0, 0.1) is 5.92 Å². The summed E-state index contributed by atoms with van der Waals surface area (Å²) in [6, 6.07) is 6.62. The predicted octanol–water partition coefficient (Wildman–Crippen LogP) is 4.51. The van der Waals surface area contributed by atoms with E-state index in [4.69, 9.17) is 27.9 Å². The van der Waals surface area contributed by atoms with Crippen LogP contribution in [0.5, 0.6) is 0 Å². The first-order valence-corrected chi connectivity index (χ1v) is 10.8. The largest absolute Gasteiger partial charge is 0.483 e. The van der Waals surface area contributed by atoms with Crippen molar-refractivity contribution in [2.45, 2.75) is 36.8 Å². The van der Waals surface area contributed by atoms with Crippen LogP contribution in [-0.2, 0) is 14.3 Å². The van der Waals surface area contributed by atoms with Gasteiger partial charge in [0.2, 0.25) is 0 Å². The number of benzene rings is 1. The van der Waals surface area contributed by atoms with E-state index in [0.29, 0.717) is 28.6 Å². The number of ether oxygens (including phenoxy) is 1. The Morgan fingerprint density at radius 1 is 1.25 bits per heavy atom. The van der Waals surface area contributed by atoms with Crippen molar-refractivity contribution < 1.29 is 14.3 Å². The number of anilines is 1. The molecule has 1 amide bonds. The zero-order chi connectivity index (χ0) is 19.4. The maximum absolute atomic E-state index is 13.5. The van der Waals surface area contributed by atoms with Gasteiger partial charge in [0.05, 0.1) is 17.5 Å². The fourth-order valence-electron chi connectivity index (χ4n) is 4.34. The predicted molar refractivity (Wildman–Crippen MR) is 108 cm³/mol. The Hall–Kier alpha value is -1.89. The Bertz CT molecular complexity index is 991. The molecule has 1 aromatic carbocycles. The number of ketones is 1. The van der Waals surface area contributed by atoms with Gasteiger partial charge in [-0.25, -0.2) is 4.98 Å². The molecule has 5 rings (SSSR count). The summed E-state index contributed by atoms with van der Waals surface area (Å²) < 4.78 is 6.11. The summed E-state index contributed by atoms with van der Waals surface area (Å²) in [7, 11) is 0. The lowest BCUT2D eigenvalue weighted by atomic mass is 9.77. The van der Waals surface area contributed by atoms with Crippen LogP contribution < -0.4 is 4.90 Å². The Balaban J connectivity index is 1.65. The quantitative estimate of drug-likeness (QED) is 0.652. The van der Waals surface area contributed by atoms with Gasteiger partial charge in [-0.2, -0.15) is 0 Å². The molecule has 1 fully saturated rings. The van der Waals surface area contributed by atoms with Crippen LogP contribution in [0.4, 0.5) is 5.13 Å². The van der Waals surface area contributed by atoms with Gasteiger partial charge < -0.3 is 4.74 Å². The molecule has 1 aliphatic carbocycles. The van der Waals surface area contributed by atoms with Gasteiger partial charge in [0.25, 0.3) is 5.91 Å². The summed E-state index contributed by atoms with van der Waals surface area (Å²) in [5.41, 5.74) is 1.16. The van der Waals surface area contributed by atoms with Crippen molar-refractivity contribution in [2.75, 3.05) is 4.90 Å². The summed E-state index contributed by atoms with van der Waals surface area (Å²) in [5.74, 6) is -0.538. The maximum Gasteiger partial charge on any atom is 0.296 e. The molecule has 144 valence electrons. The van der Waals surface area contributed by atoms with Crippen LogP contribution in [0.25, 0.3) is 0 Å². The van der Waals surface area contributed by atoms with Crippen molar-refractivity contribution in [2.24, 2.45) is 5.92 Å². The van der Waals surface area contributed by atoms with Crippen LogP contribution in [0.2, 0.25) is 5.02 Å². The molecule has 0 bridgehead atoms. The van der Waals surface area contributed by atoms with Gasteiger partial charge in [-0.05, 0) is 37.0 Å². The Morgan fingerprint density at radius 2 is 2.11 bits per heavy atom. The number of alkyl halides is 1. The normalized spacial score (nSPS) is 29.6. The molecule has 4 unspecified atom stereocenters. The van der Waals surface area contributed by atoms with Crippen LogP contribution in [-0.4, -0.2) is 28.2 Å². The summed E-state index contributed by atoms with van der Waals surface area (Å²) in [6.07, 6.45) is 3.37. The van der Waals surface area contributed by atoms with E-state index in [2.05, 4.69) is 4.98 Å². The third kappa shape index (κ3) is 2.78. The number of carbonyl (C=O) groups is 2. The molecule has 2 aromatic rings. The molecule has 3 aliphatic rings. The van der Waals surface area contributed by atoms with E-state index < -0.39 is 6.04 Å². The van der Waals surface area contributed by atoms with Crippen LogP contribution >= 0.6 is 34.5 Å². The molecule has 0 spiro atoms. The summed E-state index contributed by atoms with van der Waals surface area (Å²) in [6.45, 7) is 0. The average Bonchev–Trinajstić information content (AvgIpc) is 3.29. The highest BCUT2D eigenvalue weighted by molar-refractivity contribution is 7.13. The second-order valence-electron chi connectivity index (χ2n) is 7.23. The van der Waals surface area contributed by atoms with Crippen molar-refractivity contribution in [3.05, 3.63) is 57.8 Å². The molecule has 2 aliphatic heterocycles. The first-order valence-electron chi connectivity index (χ1n) is 9.12. The number of hydrogen-bond acceptors (Lipinski definition) is 5. The number of hydrogen-bond donors (Lipinski definition) is 0. The number of thiazole rings is 1. The molecule has 5 nitrogen and oxygen atoms in total. The van der Waals surface area contributed by atoms with E-state index in [0.717, 1.165) is 12.0 Å². The molecule has 0 saturated heterocycles. The second kappa shape index (κ2) is 6.87. The van der Waals surface area contributed by atoms with E-state index >= 15 is 0 Å². The lowest BCUT2D eigenvalue weighted by Crippen LogP contribution is -2.41. The number of rotatable bonds is 2. The summed E-state index contributed by atoms with van der Waals surface area (Å²) in [4.78, 5) is 32.6. The van der Waals surface area contributed by atoms with Crippen LogP contribution in [0.15, 0.2) is 47.2 Å². The van der Waals surface area contributed by atoms with Gasteiger partial charge in [-0.15, -0.1) is 22.9 Å². The van der Waals surface area contributed by atoms with Crippen LogP contribution in [0.1, 0.15) is 30.9 Å². The summed E-state index contributed by atoms with van der Waals surface area (Å²) >= 11 is 13.9. The van der Waals surface area contributed by atoms with Gasteiger partial charge >= 0.3 is 0 Å². The number of aromatic nitrogens is 1. The molecular formula is C20H16Cl2N2O3S. The molecule has 4 atom stereocenters. The van der Waals surface area contributed by atoms with Crippen molar-refractivity contribution in [1.82, 2.24) is 4.98 Å². The second-order valence-corrected chi connectivity index (χ2v) is 9.15. The fourth-order valence-corrected chi connectivity index (χ4v) is 5.52. The van der Waals surface area contributed by atoms with Crippen molar-refractivity contribution >= 4 is 51.4 Å². The lowest BCUT2D eigenvalue weighted by Gasteiger charge is -2.37. The van der Waals surface area contributed by atoms with Crippen molar-refractivity contribution in [3.63, 3.8) is 0 Å². The zero-order valence-corrected chi connectivity index (χ0v) is 17.0. The first-order chi connectivity index (χ1) is 13.5. The van der Waals surface area contributed by atoms with Gasteiger partial charge in [0.1, 0.15) is 6.10 Å². The molecule has 1 saturated carbocycles. The average molecular weight is 435 g/mol. The first kappa shape index (κ1) is 18.2. The van der Waals surface area contributed by atoms with Gasteiger partial charge in [0.15, 0.2) is 16.7 Å². The Morgan fingerprint density at radius 3 is 2.86 bits per heavy atom. The maximum atomic E-state index is 13.5. The van der Waals surface area contributed by atoms with E-state index in [-0.39, 0.29) is 34.8 Å². The minimum absolute atomic E-state index is 0.0472. The van der Waals surface area contributed by atoms with Gasteiger partial charge in [-0.3, -0.25) is 14.5 Å². The number of carbonyl (C=O) groups excluding carboxylic acids is 2. The smallest absolute Gasteiger partial charge is 0.296 e. The van der Waals surface area contributed by atoms with Crippen molar-refractivity contribution in [1.29, 1.82) is 0 Å². The zero-order valence-electron chi connectivity index (χ0n) is 14.7. The van der Waals surface area contributed by atoms with E-state index in [1.807, 2.05) is 12.1 Å². The van der Waals surface area contributed by atoms with Gasteiger partial charge in [0, 0.05) is 22.0 Å².